The van der Waals surface area contributed by atoms with Gasteiger partial charge in [0.15, 0.2) is 5.78 Å². The van der Waals surface area contributed by atoms with Crippen molar-refractivity contribution < 1.29 is 14.4 Å². The normalized spacial score (nSPS) is 9.88. The topological polar surface area (TPSA) is 88.2 Å². The molecule has 6 heteroatoms. The first-order valence-corrected chi connectivity index (χ1v) is 7.28. The predicted octanol–water partition coefficient (Wildman–Crippen LogP) is 2.45. The van der Waals surface area contributed by atoms with E-state index in [4.69, 9.17) is 0 Å². The van der Waals surface area contributed by atoms with Gasteiger partial charge < -0.3 is 10.6 Å². The van der Waals surface area contributed by atoms with Crippen LogP contribution in [-0.2, 0) is 0 Å². The zero-order valence-electron chi connectivity index (χ0n) is 13.2. The highest BCUT2D eigenvalue weighted by atomic mass is 16.2. The van der Waals surface area contributed by atoms with Gasteiger partial charge in [0, 0.05) is 29.6 Å². The first kappa shape index (κ1) is 17.1. The first-order chi connectivity index (χ1) is 11.5. The van der Waals surface area contributed by atoms with Gasteiger partial charge in [0.25, 0.3) is 11.8 Å². The maximum atomic E-state index is 12.3. The van der Waals surface area contributed by atoms with E-state index >= 15 is 0 Å². The molecule has 0 aliphatic heterocycles. The van der Waals surface area contributed by atoms with Crippen LogP contribution in [-0.4, -0.2) is 29.1 Å². The molecule has 0 bridgehead atoms. The van der Waals surface area contributed by atoms with Crippen LogP contribution in [0.4, 0.5) is 5.69 Å². The molecule has 0 aliphatic rings. The lowest BCUT2D eigenvalue weighted by atomic mass is 10.1. The van der Waals surface area contributed by atoms with Crippen molar-refractivity contribution in [3.8, 4) is 0 Å². The van der Waals surface area contributed by atoms with Crippen molar-refractivity contribution in [2.75, 3.05) is 11.9 Å². The quantitative estimate of drug-likeness (QED) is 0.631. The highest BCUT2D eigenvalue weighted by molar-refractivity contribution is 6.06. The molecule has 0 spiro atoms. The molecule has 6 nitrogen and oxygen atoms in total. The van der Waals surface area contributed by atoms with Crippen molar-refractivity contribution in [1.29, 1.82) is 0 Å². The van der Waals surface area contributed by atoms with E-state index in [1.807, 2.05) is 0 Å². The summed E-state index contributed by atoms with van der Waals surface area (Å²) in [5.74, 6) is -0.866. The van der Waals surface area contributed by atoms with E-state index in [0.717, 1.165) is 0 Å². The summed E-state index contributed by atoms with van der Waals surface area (Å²) in [6.45, 7) is 5.29. The standard InChI is InChI=1S/C18H17N3O3/c1-3-8-20-18(24)16-11-14(7-9-19-16)17(23)21-15-6-4-5-13(10-15)12(2)22/h3-7,9-11H,1,8H2,2H3,(H,20,24)(H,21,23). The van der Waals surface area contributed by atoms with E-state index in [1.165, 1.54) is 25.3 Å². The van der Waals surface area contributed by atoms with Crippen molar-refractivity contribution >= 4 is 23.3 Å². The molecule has 1 aromatic heterocycles. The van der Waals surface area contributed by atoms with E-state index in [2.05, 4.69) is 22.2 Å². The van der Waals surface area contributed by atoms with Gasteiger partial charge in [0.2, 0.25) is 0 Å². The Bertz CT molecular complexity index is 800. The lowest BCUT2D eigenvalue weighted by molar-refractivity contribution is 0.0952. The maximum Gasteiger partial charge on any atom is 0.270 e. The van der Waals surface area contributed by atoms with Gasteiger partial charge >= 0.3 is 0 Å². The maximum absolute atomic E-state index is 12.3. The van der Waals surface area contributed by atoms with Crippen LogP contribution in [0.15, 0.2) is 55.3 Å². The van der Waals surface area contributed by atoms with Gasteiger partial charge in [-0.2, -0.15) is 0 Å². The minimum absolute atomic E-state index is 0.0869. The van der Waals surface area contributed by atoms with Gasteiger partial charge in [-0.3, -0.25) is 19.4 Å². The fraction of sp³-hybridized carbons (Fsp3) is 0.111. The Morgan fingerprint density at radius 1 is 1.12 bits per heavy atom. The third kappa shape index (κ3) is 4.36. The number of Topliss-reactive ketones (excluding diaryl/α,β-unsaturated/α-hetero) is 1. The van der Waals surface area contributed by atoms with E-state index < -0.39 is 5.91 Å². The highest BCUT2D eigenvalue weighted by Gasteiger charge is 2.12. The summed E-state index contributed by atoms with van der Waals surface area (Å²) in [5.41, 5.74) is 1.44. The van der Waals surface area contributed by atoms with E-state index in [-0.39, 0.29) is 17.4 Å². The smallest absolute Gasteiger partial charge is 0.270 e. The number of pyridine rings is 1. The van der Waals surface area contributed by atoms with Gasteiger partial charge in [0.1, 0.15) is 5.69 Å². The van der Waals surface area contributed by atoms with E-state index in [0.29, 0.717) is 23.4 Å². The van der Waals surface area contributed by atoms with Crippen LogP contribution in [0, 0.1) is 0 Å². The third-order valence-corrected chi connectivity index (χ3v) is 3.19. The number of benzene rings is 1. The largest absolute Gasteiger partial charge is 0.347 e. The number of nitrogens with zero attached hydrogens (tertiary/aromatic N) is 1. The number of hydrogen-bond acceptors (Lipinski definition) is 4. The Labute approximate surface area is 139 Å². The first-order valence-electron chi connectivity index (χ1n) is 7.28. The van der Waals surface area contributed by atoms with Crippen molar-refractivity contribution in [1.82, 2.24) is 10.3 Å². The monoisotopic (exact) mass is 323 g/mol. The summed E-state index contributed by atoms with van der Waals surface area (Å²) in [6.07, 6.45) is 2.94. The highest BCUT2D eigenvalue weighted by Crippen LogP contribution is 2.13. The van der Waals surface area contributed by atoms with Crippen LogP contribution in [0.25, 0.3) is 0 Å². The number of carbonyl (C=O) groups excluding carboxylic acids is 3. The molecular formula is C18H17N3O3. The molecule has 0 saturated heterocycles. The van der Waals surface area contributed by atoms with Crippen LogP contribution in [0.2, 0.25) is 0 Å². The number of rotatable bonds is 6. The van der Waals surface area contributed by atoms with Crippen LogP contribution >= 0.6 is 0 Å². The van der Waals surface area contributed by atoms with Crippen LogP contribution in [0.5, 0.6) is 0 Å². The molecule has 2 amide bonds. The SMILES string of the molecule is C=CCNC(=O)c1cc(C(=O)Nc2cccc(C(C)=O)c2)ccn1. The van der Waals surface area contributed by atoms with Gasteiger partial charge in [0.05, 0.1) is 0 Å². The molecule has 0 fully saturated rings. The minimum Gasteiger partial charge on any atom is -0.347 e. The second kappa shape index (κ2) is 7.82. The molecule has 24 heavy (non-hydrogen) atoms. The van der Waals surface area contributed by atoms with Gasteiger partial charge in [-0.05, 0) is 31.2 Å². The van der Waals surface area contributed by atoms with Crippen molar-refractivity contribution in [3.63, 3.8) is 0 Å². The zero-order chi connectivity index (χ0) is 17.5. The molecule has 2 rings (SSSR count). The van der Waals surface area contributed by atoms with Crippen LogP contribution in [0.1, 0.15) is 38.1 Å². The summed E-state index contributed by atoms with van der Waals surface area (Å²) in [7, 11) is 0. The average molecular weight is 323 g/mol. The molecule has 2 aromatic rings. The fourth-order valence-electron chi connectivity index (χ4n) is 1.97. The number of carbonyl (C=O) groups is 3. The second-order valence-corrected chi connectivity index (χ2v) is 5.02. The lowest BCUT2D eigenvalue weighted by Gasteiger charge is -2.07. The van der Waals surface area contributed by atoms with Gasteiger partial charge in [-0.15, -0.1) is 6.58 Å². The summed E-state index contributed by atoms with van der Waals surface area (Å²) >= 11 is 0. The molecule has 0 saturated carbocycles. The molecule has 0 radical (unpaired) electrons. The number of aromatic nitrogens is 1. The molecule has 1 heterocycles. The van der Waals surface area contributed by atoms with E-state index in [1.54, 1.807) is 30.3 Å². The second-order valence-electron chi connectivity index (χ2n) is 5.02. The number of nitrogens with one attached hydrogen (secondary N) is 2. The van der Waals surface area contributed by atoms with E-state index in [9.17, 15) is 14.4 Å². The minimum atomic E-state index is -0.393. The Balaban J connectivity index is 2.15. The molecule has 0 atom stereocenters. The average Bonchev–Trinajstić information content (AvgIpc) is 2.60. The van der Waals surface area contributed by atoms with Gasteiger partial charge in [-0.1, -0.05) is 18.2 Å². The lowest BCUT2D eigenvalue weighted by Crippen LogP contribution is -2.24. The molecule has 1 aromatic carbocycles. The molecule has 0 unspecified atom stereocenters. The number of hydrogen-bond donors (Lipinski definition) is 2. The number of anilines is 1. The van der Waals surface area contributed by atoms with Crippen molar-refractivity contribution in [3.05, 3.63) is 72.1 Å². The Morgan fingerprint density at radius 2 is 1.92 bits per heavy atom. The third-order valence-electron chi connectivity index (χ3n) is 3.19. The van der Waals surface area contributed by atoms with Crippen LogP contribution < -0.4 is 10.6 Å². The summed E-state index contributed by atoms with van der Waals surface area (Å²) < 4.78 is 0. The Hall–Kier alpha value is -3.28. The predicted molar refractivity (Wildman–Crippen MR) is 91.2 cm³/mol. The molecule has 2 N–H and O–H groups in total. The van der Waals surface area contributed by atoms with Crippen LogP contribution in [0.3, 0.4) is 0 Å². The summed E-state index contributed by atoms with van der Waals surface area (Å²) in [5, 5.41) is 5.29. The molecule has 0 aliphatic carbocycles. The van der Waals surface area contributed by atoms with Gasteiger partial charge in [-0.25, -0.2) is 0 Å². The Kier molecular flexibility index (Phi) is 5.57. The molecule has 122 valence electrons. The summed E-state index contributed by atoms with van der Waals surface area (Å²) in [6, 6.07) is 9.55. The van der Waals surface area contributed by atoms with Crippen molar-refractivity contribution in [2.24, 2.45) is 0 Å². The van der Waals surface area contributed by atoms with Crippen molar-refractivity contribution in [2.45, 2.75) is 6.92 Å². The molecular weight excluding hydrogens is 306 g/mol. The number of amides is 2. The summed E-state index contributed by atoms with van der Waals surface area (Å²) in [4.78, 5) is 39.5. The zero-order valence-corrected chi connectivity index (χ0v) is 13.2. The Morgan fingerprint density at radius 3 is 2.62 bits per heavy atom. The number of ketones is 1. The fourth-order valence-corrected chi connectivity index (χ4v) is 1.97.